The van der Waals surface area contributed by atoms with Crippen LogP contribution in [0.4, 0.5) is 22.0 Å². The Morgan fingerprint density at radius 2 is 1.03 bits per heavy atom. The molecule has 6 heteroatoms. The number of benzene rings is 1. The van der Waals surface area contributed by atoms with E-state index in [2.05, 4.69) is 11.7 Å². The van der Waals surface area contributed by atoms with Crippen molar-refractivity contribution in [1.82, 2.24) is 0 Å². The second-order valence-corrected chi connectivity index (χ2v) is 10.7. The average Bonchev–Trinajstić information content (AvgIpc) is 2.76. The Kier molecular flexibility index (Phi) is 7.36. The van der Waals surface area contributed by atoms with Gasteiger partial charge >= 0.3 is 6.36 Å². The average molecular weight is 459 g/mol. The van der Waals surface area contributed by atoms with Crippen LogP contribution in [0.25, 0.3) is 0 Å². The highest BCUT2D eigenvalue weighted by Gasteiger charge is 2.36. The summed E-state index contributed by atoms with van der Waals surface area (Å²) in [7, 11) is 0. The van der Waals surface area contributed by atoms with Crippen LogP contribution in [-0.2, 0) is 0 Å². The van der Waals surface area contributed by atoms with E-state index in [1.54, 1.807) is 0 Å². The van der Waals surface area contributed by atoms with Crippen LogP contribution in [0, 0.1) is 41.2 Å². The molecule has 0 amide bonds. The number of alkyl halides is 3. The topological polar surface area (TPSA) is 9.23 Å². The SMILES string of the molecule is CC1CCC(C2CCC(C3CCC(c4cc(F)c(OC(F)(F)F)c(F)c4)CC3)CC2)CC1. The summed E-state index contributed by atoms with van der Waals surface area (Å²) >= 11 is 0. The zero-order valence-corrected chi connectivity index (χ0v) is 18.9. The fraction of sp³-hybridized carbons (Fsp3) is 0.769. The first kappa shape index (κ1) is 23.8. The predicted octanol–water partition coefficient (Wildman–Crippen LogP) is 8.77. The highest BCUT2D eigenvalue weighted by molar-refractivity contribution is 5.33. The maximum atomic E-state index is 14.1. The number of rotatable bonds is 4. The summed E-state index contributed by atoms with van der Waals surface area (Å²) in [6.07, 6.45) is 9.51. The molecular formula is C26H35F5O. The maximum absolute atomic E-state index is 14.1. The molecule has 4 rings (SSSR count). The molecule has 0 unspecified atom stereocenters. The van der Waals surface area contributed by atoms with Gasteiger partial charge in [0.05, 0.1) is 0 Å². The predicted molar refractivity (Wildman–Crippen MR) is 114 cm³/mol. The van der Waals surface area contributed by atoms with Gasteiger partial charge in [-0.2, -0.15) is 0 Å². The van der Waals surface area contributed by atoms with Gasteiger partial charge in [-0.15, -0.1) is 13.2 Å². The van der Waals surface area contributed by atoms with Gasteiger partial charge in [0.1, 0.15) is 0 Å². The van der Waals surface area contributed by atoms with Gasteiger partial charge < -0.3 is 4.74 Å². The molecule has 0 bridgehead atoms. The van der Waals surface area contributed by atoms with Crippen LogP contribution < -0.4 is 4.74 Å². The minimum Gasteiger partial charge on any atom is -0.399 e. The molecule has 3 saturated carbocycles. The van der Waals surface area contributed by atoms with Gasteiger partial charge in [-0.05, 0) is 117 Å². The van der Waals surface area contributed by atoms with Gasteiger partial charge in [-0.25, -0.2) is 8.78 Å². The lowest BCUT2D eigenvalue weighted by Gasteiger charge is -2.41. The molecular weight excluding hydrogens is 423 g/mol. The van der Waals surface area contributed by atoms with Gasteiger partial charge in [0.2, 0.25) is 5.75 Å². The lowest BCUT2D eigenvalue weighted by molar-refractivity contribution is -0.276. The Balaban J connectivity index is 1.27. The summed E-state index contributed by atoms with van der Waals surface area (Å²) in [5.74, 6) is 0.218. The lowest BCUT2D eigenvalue weighted by Crippen LogP contribution is -2.29. The van der Waals surface area contributed by atoms with Crippen molar-refractivity contribution in [2.75, 3.05) is 0 Å². The van der Waals surface area contributed by atoms with E-state index in [0.717, 1.165) is 61.5 Å². The van der Waals surface area contributed by atoms with E-state index < -0.39 is 23.7 Å². The summed E-state index contributed by atoms with van der Waals surface area (Å²) in [6.45, 7) is 2.37. The number of hydrogen-bond acceptors (Lipinski definition) is 1. The number of hydrogen-bond donors (Lipinski definition) is 0. The van der Waals surface area contributed by atoms with Crippen LogP contribution in [0.5, 0.6) is 5.75 Å². The molecule has 1 nitrogen and oxygen atoms in total. The van der Waals surface area contributed by atoms with Gasteiger partial charge in [-0.3, -0.25) is 0 Å². The molecule has 0 radical (unpaired) electrons. The zero-order chi connectivity index (χ0) is 22.9. The Bertz CT molecular complexity index is 729. The minimum absolute atomic E-state index is 0.00393. The van der Waals surface area contributed by atoms with Crippen molar-refractivity contribution in [2.45, 2.75) is 96.3 Å². The molecule has 32 heavy (non-hydrogen) atoms. The van der Waals surface area contributed by atoms with Crippen molar-refractivity contribution < 1.29 is 26.7 Å². The van der Waals surface area contributed by atoms with Crippen LogP contribution in [0.1, 0.15) is 95.5 Å². The second-order valence-electron chi connectivity index (χ2n) is 10.7. The first-order valence-corrected chi connectivity index (χ1v) is 12.4. The molecule has 0 aromatic heterocycles. The van der Waals surface area contributed by atoms with Gasteiger partial charge in [0, 0.05) is 0 Å². The van der Waals surface area contributed by atoms with Crippen LogP contribution in [0.3, 0.4) is 0 Å². The standard InChI is InChI=1S/C26H35F5O/c1-16-2-4-17(5-3-16)18-6-8-19(9-7-18)20-10-12-21(13-11-20)22-14-23(27)25(24(28)15-22)32-26(29,30)31/h14-21H,2-13H2,1H3. The van der Waals surface area contributed by atoms with Gasteiger partial charge in [0.15, 0.2) is 11.6 Å². The molecule has 0 aliphatic heterocycles. The molecule has 1 aromatic carbocycles. The molecule has 1 aromatic rings. The molecule has 180 valence electrons. The normalized spacial score (nSPS) is 34.3. The van der Waals surface area contributed by atoms with Crippen molar-refractivity contribution in [2.24, 2.45) is 29.6 Å². The first-order valence-electron chi connectivity index (χ1n) is 12.4. The van der Waals surface area contributed by atoms with E-state index in [1.165, 1.54) is 51.4 Å². The van der Waals surface area contributed by atoms with E-state index in [1.807, 2.05) is 0 Å². The molecule has 3 aliphatic rings. The maximum Gasteiger partial charge on any atom is 0.573 e. The van der Waals surface area contributed by atoms with Crippen molar-refractivity contribution in [3.63, 3.8) is 0 Å². The van der Waals surface area contributed by atoms with E-state index in [4.69, 9.17) is 0 Å². The third-order valence-electron chi connectivity index (χ3n) is 8.69. The fourth-order valence-electron chi connectivity index (χ4n) is 6.80. The highest BCUT2D eigenvalue weighted by Crippen LogP contribution is 2.47. The molecule has 3 aliphatic carbocycles. The molecule has 0 spiro atoms. The van der Waals surface area contributed by atoms with Crippen molar-refractivity contribution >= 4 is 0 Å². The monoisotopic (exact) mass is 458 g/mol. The van der Waals surface area contributed by atoms with Crippen LogP contribution in [0.2, 0.25) is 0 Å². The van der Waals surface area contributed by atoms with Crippen molar-refractivity contribution in [1.29, 1.82) is 0 Å². The molecule has 3 fully saturated rings. The van der Waals surface area contributed by atoms with Crippen LogP contribution in [0.15, 0.2) is 12.1 Å². The first-order chi connectivity index (χ1) is 15.2. The smallest absolute Gasteiger partial charge is 0.399 e. The third-order valence-corrected chi connectivity index (χ3v) is 8.69. The van der Waals surface area contributed by atoms with Crippen LogP contribution >= 0.6 is 0 Å². The minimum atomic E-state index is -5.12. The fourth-order valence-corrected chi connectivity index (χ4v) is 6.80. The van der Waals surface area contributed by atoms with E-state index in [0.29, 0.717) is 11.5 Å². The number of halogens is 5. The highest BCUT2D eigenvalue weighted by atomic mass is 19.4. The van der Waals surface area contributed by atoms with Crippen LogP contribution in [-0.4, -0.2) is 6.36 Å². The number of ether oxygens (including phenoxy) is 1. The Morgan fingerprint density at radius 1 is 0.656 bits per heavy atom. The quantitative estimate of drug-likeness (QED) is 0.410. The molecule has 0 heterocycles. The second kappa shape index (κ2) is 9.89. The van der Waals surface area contributed by atoms with E-state index >= 15 is 0 Å². The molecule has 0 saturated heterocycles. The largest absolute Gasteiger partial charge is 0.573 e. The third kappa shape index (κ3) is 5.77. The van der Waals surface area contributed by atoms with E-state index in [-0.39, 0.29) is 5.92 Å². The molecule has 0 N–H and O–H groups in total. The Hall–Kier alpha value is -1.33. The molecule has 0 atom stereocenters. The summed E-state index contributed by atoms with van der Waals surface area (Å²) in [4.78, 5) is 0. The Labute approximate surface area is 188 Å². The zero-order valence-electron chi connectivity index (χ0n) is 18.9. The lowest BCUT2D eigenvalue weighted by atomic mass is 9.65. The van der Waals surface area contributed by atoms with Gasteiger partial charge in [-0.1, -0.05) is 19.8 Å². The van der Waals surface area contributed by atoms with Gasteiger partial charge in [0.25, 0.3) is 0 Å². The van der Waals surface area contributed by atoms with E-state index in [9.17, 15) is 22.0 Å². The summed E-state index contributed by atoms with van der Waals surface area (Å²) in [5, 5.41) is 0. The van der Waals surface area contributed by atoms with Crippen molar-refractivity contribution in [3.05, 3.63) is 29.3 Å². The summed E-state index contributed by atoms with van der Waals surface area (Å²) in [6, 6.07) is 2.04. The summed E-state index contributed by atoms with van der Waals surface area (Å²) < 4.78 is 68.8. The van der Waals surface area contributed by atoms with Crippen molar-refractivity contribution in [3.8, 4) is 5.75 Å². The Morgan fingerprint density at radius 3 is 1.44 bits per heavy atom. The summed E-state index contributed by atoms with van der Waals surface area (Å²) in [5.41, 5.74) is 0.447.